The van der Waals surface area contributed by atoms with Gasteiger partial charge < -0.3 is 18.3 Å². The van der Waals surface area contributed by atoms with Crippen molar-refractivity contribution in [1.82, 2.24) is 20.4 Å². The molecule has 0 saturated carbocycles. The first-order chi connectivity index (χ1) is 30.1. The predicted octanol–water partition coefficient (Wildman–Crippen LogP) is 17.1. The van der Waals surface area contributed by atoms with Crippen molar-refractivity contribution in [3.05, 3.63) is 59.7 Å². The van der Waals surface area contributed by atoms with E-state index in [2.05, 4.69) is 90.4 Å². The Morgan fingerprint density at radius 1 is 0.410 bits per heavy atom. The van der Waals surface area contributed by atoms with E-state index in [4.69, 9.17) is 18.3 Å². The Bertz CT molecular complexity index is 1760. The van der Waals surface area contributed by atoms with E-state index >= 15 is 0 Å². The van der Waals surface area contributed by atoms with Crippen LogP contribution in [0.2, 0.25) is 0 Å². The number of hydrogen-bond acceptors (Lipinski definition) is 9. The fourth-order valence-electron chi connectivity index (χ4n) is 7.52. The molecule has 0 radical (unpaired) electrons. The second-order valence-corrected chi connectivity index (χ2v) is 18.5. The molecule has 3 heterocycles. The number of rotatable bonds is 34. The largest absolute Gasteiger partial charge is 0.488 e. The molecular weight excluding hydrogens is 912 g/mol. The monoisotopic (exact) mass is 980 g/mol. The summed E-state index contributed by atoms with van der Waals surface area (Å²) in [5.41, 5.74) is 4.06. The number of ether oxygens (including phenoxy) is 2. The third-order valence-electron chi connectivity index (χ3n) is 11.3. The minimum absolute atomic E-state index is 0.376. The fourth-order valence-corrected chi connectivity index (χ4v) is 9.30. The molecule has 0 bridgehead atoms. The van der Waals surface area contributed by atoms with Gasteiger partial charge in [-0.25, -0.2) is 0 Å². The Hall–Kier alpha value is -3.02. The smallest absolute Gasteiger partial charge is 0.262 e. The molecule has 5 aromatic rings. The average molecular weight is 983 g/mol. The van der Waals surface area contributed by atoms with Crippen molar-refractivity contribution < 1.29 is 18.3 Å². The highest BCUT2D eigenvalue weighted by Gasteiger charge is 2.30. The Morgan fingerprint density at radius 2 is 0.705 bits per heavy atom. The molecule has 334 valence electrons. The predicted molar refractivity (Wildman–Crippen MR) is 260 cm³/mol. The lowest BCUT2D eigenvalue weighted by atomic mass is 10.1. The maximum Gasteiger partial charge on any atom is 0.262 e. The van der Waals surface area contributed by atoms with Gasteiger partial charge in [-0.2, -0.15) is 0 Å². The summed E-state index contributed by atoms with van der Waals surface area (Å²) in [5, 5.41) is 19.6. The van der Waals surface area contributed by atoms with Crippen LogP contribution < -0.4 is 9.47 Å². The van der Waals surface area contributed by atoms with Crippen molar-refractivity contribution in [2.45, 2.75) is 179 Å². The van der Waals surface area contributed by atoms with Gasteiger partial charge in [0.05, 0.1) is 13.2 Å². The van der Waals surface area contributed by atoms with Gasteiger partial charge >= 0.3 is 0 Å². The lowest BCUT2D eigenvalue weighted by molar-refractivity contribution is 0.261. The summed E-state index contributed by atoms with van der Waals surface area (Å²) in [4.78, 5) is 1.41. The summed E-state index contributed by atoms with van der Waals surface area (Å²) in [6, 6.07) is 16.3. The standard InChI is InChI=1S/C50H70Br2N4O4S/c1-3-5-7-9-11-13-15-17-19-21-23-25-35-57-43-44(58-36-26-24-22-20-18-16-14-12-10-8-6-4-2)46(50-56-54-48(60-50)42-33-29-40(38-52)30-34-42)61-45(43)49-55-53-47(59-49)41-31-27-39(37-51)28-32-41/h27-34H,3-26,35-38H2,1-2H3. The van der Waals surface area contributed by atoms with Gasteiger partial charge in [-0.15, -0.1) is 31.7 Å². The number of thiophene rings is 1. The number of halogens is 2. The molecular formula is C50H70Br2N4O4S. The van der Waals surface area contributed by atoms with Crippen molar-refractivity contribution in [1.29, 1.82) is 0 Å². The first kappa shape index (κ1) is 49.0. The SMILES string of the molecule is CCCCCCCCCCCCCCOc1c(-c2nnc(-c3ccc(CBr)cc3)o2)sc(-c2nnc(-c3ccc(CBr)cc3)o2)c1OCCCCCCCCCCCCCC. The van der Waals surface area contributed by atoms with E-state index in [0.717, 1.165) is 47.5 Å². The molecule has 8 nitrogen and oxygen atoms in total. The first-order valence-electron chi connectivity index (χ1n) is 23.6. The highest BCUT2D eigenvalue weighted by molar-refractivity contribution is 9.08. The maximum atomic E-state index is 6.70. The number of unbranched alkanes of at least 4 members (excludes halogenated alkanes) is 22. The summed E-state index contributed by atoms with van der Waals surface area (Å²) in [6.45, 7) is 5.67. The second kappa shape index (κ2) is 29.4. The van der Waals surface area contributed by atoms with Crippen molar-refractivity contribution in [3.63, 3.8) is 0 Å². The first-order valence-corrected chi connectivity index (χ1v) is 26.6. The average Bonchev–Trinajstić information content (AvgIpc) is 4.07. The van der Waals surface area contributed by atoms with Crippen molar-refractivity contribution in [2.24, 2.45) is 0 Å². The van der Waals surface area contributed by atoms with E-state index in [0.29, 0.717) is 58.0 Å². The number of hydrogen-bond donors (Lipinski definition) is 0. The number of benzene rings is 2. The zero-order valence-electron chi connectivity index (χ0n) is 37.0. The lowest BCUT2D eigenvalue weighted by Crippen LogP contribution is -2.03. The number of nitrogens with zero attached hydrogens (tertiary/aromatic N) is 4. The minimum Gasteiger partial charge on any atom is -0.488 e. The van der Waals surface area contributed by atoms with Crippen LogP contribution in [-0.4, -0.2) is 33.6 Å². The minimum atomic E-state index is 0.376. The van der Waals surface area contributed by atoms with Crippen molar-refractivity contribution in [2.75, 3.05) is 13.2 Å². The van der Waals surface area contributed by atoms with Crippen molar-refractivity contribution in [3.8, 4) is 55.9 Å². The van der Waals surface area contributed by atoms with Gasteiger partial charge in [0.1, 0.15) is 9.75 Å². The zero-order valence-corrected chi connectivity index (χ0v) is 41.0. The third kappa shape index (κ3) is 16.9. The van der Waals surface area contributed by atoms with E-state index in [1.165, 1.54) is 151 Å². The Morgan fingerprint density at radius 3 is 1.02 bits per heavy atom. The lowest BCUT2D eigenvalue weighted by Gasteiger charge is -2.11. The highest BCUT2D eigenvalue weighted by atomic mass is 79.9. The van der Waals surface area contributed by atoms with Crippen LogP contribution in [0, 0.1) is 0 Å². The maximum absolute atomic E-state index is 6.70. The molecule has 0 aliphatic carbocycles. The number of alkyl halides is 2. The molecule has 0 aliphatic heterocycles. The summed E-state index contributed by atoms with van der Waals surface area (Å²) >= 11 is 8.52. The van der Waals surface area contributed by atoms with Crippen LogP contribution in [-0.2, 0) is 10.7 Å². The Labute approximate surface area is 387 Å². The molecule has 0 amide bonds. The van der Waals surface area contributed by atoms with Crippen LogP contribution in [0.5, 0.6) is 11.5 Å². The summed E-state index contributed by atoms with van der Waals surface area (Å²) < 4.78 is 26.2. The van der Waals surface area contributed by atoms with Crippen LogP contribution in [0.15, 0.2) is 57.4 Å². The van der Waals surface area contributed by atoms with Crippen LogP contribution in [0.25, 0.3) is 44.4 Å². The molecule has 61 heavy (non-hydrogen) atoms. The molecule has 0 fully saturated rings. The quantitative estimate of drug-likeness (QED) is 0.0297. The van der Waals surface area contributed by atoms with E-state index < -0.39 is 0 Å². The topological polar surface area (TPSA) is 96.3 Å². The van der Waals surface area contributed by atoms with Gasteiger partial charge in [-0.05, 0) is 48.2 Å². The Kier molecular flexibility index (Phi) is 23.6. The van der Waals surface area contributed by atoms with E-state index in [9.17, 15) is 0 Å². The second-order valence-electron chi connectivity index (χ2n) is 16.4. The van der Waals surface area contributed by atoms with Gasteiger partial charge in [0, 0.05) is 21.8 Å². The summed E-state index contributed by atoms with van der Waals surface area (Å²) in [5.74, 6) is 2.86. The summed E-state index contributed by atoms with van der Waals surface area (Å²) in [6.07, 6.45) is 30.8. The van der Waals surface area contributed by atoms with Gasteiger partial charge in [0.15, 0.2) is 11.5 Å². The summed E-state index contributed by atoms with van der Waals surface area (Å²) in [7, 11) is 0. The molecule has 5 rings (SSSR count). The van der Waals surface area contributed by atoms with E-state index in [1.54, 1.807) is 0 Å². The third-order valence-corrected chi connectivity index (χ3v) is 13.7. The van der Waals surface area contributed by atoms with Crippen LogP contribution in [0.3, 0.4) is 0 Å². The number of aromatic nitrogens is 4. The van der Waals surface area contributed by atoms with E-state index in [1.807, 2.05) is 24.3 Å². The van der Waals surface area contributed by atoms with Gasteiger partial charge in [0.2, 0.25) is 11.8 Å². The van der Waals surface area contributed by atoms with Crippen molar-refractivity contribution >= 4 is 43.2 Å². The Balaban J connectivity index is 1.29. The van der Waals surface area contributed by atoms with Crippen LogP contribution >= 0.6 is 43.2 Å². The molecule has 3 aromatic heterocycles. The molecule has 0 spiro atoms. The van der Waals surface area contributed by atoms with Gasteiger partial charge in [0.25, 0.3) is 11.8 Å². The van der Waals surface area contributed by atoms with Crippen LogP contribution in [0.1, 0.15) is 179 Å². The molecule has 11 heteroatoms. The fraction of sp³-hybridized carbons (Fsp3) is 0.600. The van der Waals surface area contributed by atoms with Gasteiger partial charge in [-0.1, -0.05) is 211 Å². The van der Waals surface area contributed by atoms with Crippen LogP contribution in [0.4, 0.5) is 0 Å². The molecule has 0 N–H and O–H groups in total. The van der Waals surface area contributed by atoms with Gasteiger partial charge in [-0.3, -0.25) is 0 Å². The highest BCUT2D eigenvalue weighted by Crippen LogP contribution is 2.52. The molecule has 0 unspecified atom stereocenters. The molecule has 2 aromatic carbocycles. The van der Waals surface area contributed by atoms with E-state index in [-0.39, 0.29) is 0 Å². The normalized spacial score (nSPS) is 11.5. The molecule has 0 aliphatic rings. The zero-order chi connectivity index (χ0) is 42.7. The molecule has 0 atom stereocenters. The molecule has 0 saturated heterocycles.